The van der Waals surface area contributed by atoms with Gasteiger partial charge in [0.1, 0.15) is 24.3 Å². The maximum atomic E-state index is 14.9. The molecule has 0 radical (unpaired) electrons. The van der Waals surface area contributed by atoms with Crippen LogP contribution < -0.4 is 10.6 Å². The number of nitrogens with one attached hydrogen (secondary N) is 2. The lowest BCUT2D eigenvalue weighted by Gasteiger charge is -2.20. The summed E-state index contributed by atoms with van der Waals surface area (Å²) >= 11 is 5.60. The van der Waals surface area contributed by atoms with Crippen LogP contribution in [-0.2, 0) is 11.0 Å². The molecule has 0 aliphatic carbocycles. The summed E-state index contributed by atoms with van der Waals surface area (Å²) in [6.45, 7) is -0.933. The first-order valence-corrected chi connectivity index (χ1v) is 11.4. The van der Waals surface area contributed by atoms with Crippen molar-refractivity contribution >= 4 is 29.2 Å². The van der Waals surface area contributed by atoms with E-state index in [-0.39, 0.29) is 12.1 Å². The van der Waals surface area contributed by atoms with Crippen LogP contribution >= 0.6 is 11.6 Å². The number of rotatable bonds is 8. The Bertz CT molecular complexity index is 1300. The van der Waals surface area contributed by atoms with Crippen molar-refractivity contribution in [2.24, 2.45) is 0 Å². The van der Waals surface area contributed by atoms with Gasteiger partial charge in [0.15, 0.2) is 0 Å². The summed E-state index contributed by atoms with van der Waals surface area (Å²) < 4.78 is 160. The van der Waals surface area contributed by atoms with E-state index in [9.17, 15) is 62.3 Å². The van der Waals surface area contributed by atoms with E-state index in [2.05, 4.69) is 0 Å². The van der Waals surface area contributed by atoms with Crippen molar-refractivity contribution < 1.29 is 62.3 Å². The van der Waals surface area contributed by atoms with Crippen molar-refractivity contribution in [3.63, 3.8) is 0 Å². The zero-order valence-corrected chi connectivity index (χ0v) is 21.0. The molecule has 0 bridgehead atoms. The third kappa shape index (κ3) is 9.57. The number of carbonyl (C=O) groups is 2. The monoisotopic (exact) mass is 628 g/mol. The molecular formula is C24H17ClF12N2O2. The summed E-state index contributed by atoms with van der Waals surface area (Å²) in [5.41, 5.74) is -6.03. The highest BCUT2D eigenvalue weighted by atomic mass is 35.5. The van der Waals surface area contributed by atoms with Gasteiger partial charge < -0.3 is 10.6 Å². The first-order valence-electron chi connectivity index (χ1n) is 11.0. The molecule has 2 N–H and O–H groups in total. The van der Waals surface area contributed by atoms with Crippen LogP contribution in [0.3, 0.4) is 0 Å². The van der Waals surface area contributed by atoms with E-state index >= 15 is 0 Å². The van der Waals surface area contributed by atoms with E-state index in [1.807, 2.05) is 0 Å². The molecule has 17 heteroatoms. The van der Waals surface area contributed by atoms with Crippen LogP contribution in [0, 0.1) is 0 Å². The second-order valence-electron chi connectivity index (χ2n) is 8.44. The number of halogens is 13. The minimum absolute atomic E-state index is 0.00880. The molecule has 4 nitrogen and oxygen atoms in total. The van der Waals surface area contributed by atoms with Crippen LogP contribution in [-0.4, -0.2) is 36.8 Å². The Morgan fingerprint density at radius 2 is 1.51 bits per heavy atom. The summed E-state index contributed by atoms with van der Waals surface area (Å²) in [5.74, 6) is -7.81. The van der Waals surface area contributed by atoms with Crippen molar-refractivity contribution in [3.8, 4) is 0 Å². The lowest BCUT2D eigenvalue weighted by atomic mass is 9.94. The number of benzene rings is 2. The van der Waals surface area contributed by atoms with E-state index in [0.29, 0.717) is 30.3 Å². The van der Waals surface area contributed by atoms with Gasteiger partial charge in [-0.25, -0.2) is 13.2 Å². The molecule has 226 valence electrons. The maximum absolute atomic E-state index is 14.9. The van der Waals surface area contributed by atoms with Gasteiger partial charge in [-0.15, -0.1) is 0 Å². The second kappa shape index (κ2) is 12.6. The third-order valence-corrected chi connectivity index (χ3v) is 5.49. The van der Waals surface area contributed by atoms with Gasteiger partial charge in [-0.05, 0) is 48.9 Å². The van der Waals surface area contributed by atoms with Crippen LogP contribution in [0.2, 0.25) is 5.02 Å². The Balaban J connectivity index is 2.47. The molecule has 2 aromatic carbocycles. The quantitative estimate of drug-likeness (QED) is 0.294. The molecule has 0 fully saturated rings. The third-order valence-electron chi connectivity index (χ3n) is 5.27. The molecular weight excluding hydrogens is 612 g/mol. The summed E-state index contributed by atoms with van der Waals surface area (Å²) in [4.78, 5) is 24.1. The van der Waals surface area contributed by atoms with Gasteiger partial charge in [0, 0.05) is 16.1 Å². The summed E-state index contributed by atoms with van der Waals surface area (Å²) in [7, 11) is 0. The number of hydrogen-bond acceptors (Lipinski definition) is 2. The van der Waals surface area contributed by atoms with Crippen LogP contribution in [0.15, 0.2) is 42.5 Å². The van der Waals surface area contributed by atoms with Crippen molar-refractivity contribution in [1.82, 2.24) is 10.6 Å². The molecule has 2 amide bonds. The number of hydrogen-bond donors (Lipinski definition) is 2. The molecule has 0 saturated carbocycles. The predicted molar refractivity (Wildman–Crippen MR) is 122 cm³/mol. The maximum Gasteiger partial charge on any atom is 0.417 e. The molecule has 0 aliphatic heterocycles. The molecule has 0 spiro atoms. The average Bonchev–Trinajstić information content (AvgIpc) is 2.82. The number of amides is 2. The molecule has 0 saturated heterocycles. The molecule has 2 atom stereocenters. The van der Waals surface area contributed by atoms with Gasteiger partial charge in [0.05, 0.1) is 11.1 Å². The zero-order valence-electron chi connectivity index (χ0n) is 20.2. The van der Waals surface area contributed by atoms with Crippen molar-refractivity contribution in [2.75, 3.05) is 6.54 Å². The topological polar surface area (TPSA) is 58.2 Å². The van der Waals surface area contributed by atoms with Crippen molar-refractivity contribution in [3.05, 3.63) is 75.3 Å². The van der Waals surface area contributed by atoms with Crippen molar-refractivity contribution in [2.45, 2.75) is 43.8 Å². The normalized spacial score (nSPS) is 14.6. The lowest BCUT2D eigenvalue weighted by molar-refractivity contribution is -0.140. The molecule has 0 heterocycles. The summed E-state index contributed by atoms with van der Waals surface area (Å²) in [6, 6.07) is 0.799. The largest absolute Gasteiger partial charge is 0.417 e. The highest BCUT2D eigenvalue weighted by Gasteiger charge is 2.41. The van der Waals surface area contributed by atoms with Crippen LogP contribution in [0.4, 0.5) is 52.7 Å². The smallest absolute Gasteiger partial charge is 0.345 e. The van der Waals surface area contributed by atoms with Gasteiger partial charge in [0.2, 0.25) is 5.91 Å². The van der Waals surface area contributed by atoms with Gasteiger partial charge in [-0.1, -0.05) is 17.7 Å². The van der Waals surface area contributed by atoms with Gasteiger partial charge in [-0.3, -0.25) is 9.59 Å². The second-order valence-corrected chi connectivity index (χ2v) is 8.88. The fourth-order valence-electron chi connectivity index (χ4n) is 3.37. The highest BCUT2D eigenvalue weighted by molar-refractivity contribution is 6.30. The van der Waals surface area contributed by atoms with Gasteiger partial charge in [0.25, 0.3) is 12.3 Å². The van der Waals surface area contributed by atoms with E-state index in [1.165, 1.54) is 5.32 Å². The van der Waals surface area contributed by atoms with E-state index < -0.39 is 93.9 Å². The van der Waals surface area contributed by atoms with Gasteiger partial charge >= 0.3 is 18.5 Å². The first kappa shape index (κ1) is 33.8. The number of carbonyl (C=O) groups excluding carboxylic acids is 2. The fraction of sp³-hybridized carbons (Fsp3) is 0.333. The molecule has 2 aromatic rings. The molecule has 2 rings (SSSR count). The summed E-state index contributed by atoms with van der Waals surface area (Å²) in [5, 5.41) is 2.60. The standard InChI is InChI=1S/C24H17ClF12N2O2/c1-10(20(40)38-9-22(29,30)31)39-21(41)15-3-2-11(7-17(15)24(35,36)37)18(26)8-16(23(32,33)34)12-4-13(19(27)28)6-14(25)5-12/h2-8,10,16,19H,9H2,1H3,(H,38,40)(H,39,41)/b18-8-. The summed E-state index contributed by atoms with van der Waals surface area (Å²) in [6.07, 6.45) is -18.9. The van der Waals surface area contributed by atoms with E-state index in [0.717, 1.165) is 6.92 Å². The Morgan fingerprint density at radius 3 is 2.02 bits per heavy atom. The zero-order chi connectivity index (χ0) is 31.5. The predicted octanol–water partition coefficient (Wildman–Crippen LogP) is 7.75. The lowest BCUT2D eigenvalue weighted by Crippen LogP contribution is -2.47. The SMILES string of the molecule is CC(NC(=O)c1ccc(/C(F)=C/C(c2cc(Cl)cc(C(F)F)c2)C(F)(F)F)cc1C(F)(F)F)C(=O)NCC(F)(F)F. The Kier molecular flexibility index (Phi) is 10.4. The van der Waals surface area contributed by atoms with Crippen molar-refractivity contribution in [1.29, 1.82) is 0 Å². The Morgan fingerprint density at radius 1 is 0.927 bits per heavy atom. The number of alkyl halides is 11. The molecule has 2 unspecified atom stereocenters. The van der Waals surface area contributed by atoms with Crippen LogP contribution in [0.5, 0.6) is 0 Å². The van der Waals surface area contributed by atoms with Crippen LogP contribution in [0.25, 0.3) is 5.83 Å². The Hall–Kier alpha value is -3.43. The van der Waals surface area contributed by atoms with E-state index in [4.69, 9.17) is 11.6 Å². The Labute approximate surface area is 228 Å². The molecule has 0 aliphatic rings. The van der Waals surface area contributed by atoms with Gasteiger partial charge in [-0.2, -0.15) is 39.5 Å². The minimum atomic E-state index is -5.40. The number of allylic oxidation sites excluding steroid dienone is 1. The minimum Gasteiger partial charge on any atom is -0.345 e. The molecule has 41 heavy (non-hydrogen) atoms. The van der Waals surface area contributed by atoms with Crippen LogP contribution in [0.1, 0.15) is 51.9 Å². The molecule has 0 aromatic heterocycles. The average molecular weight is 629 g/mol. The fourth-order valence-corrected chi connectivity index (χ4v) is 3.62. The van der Waals surface area contributed by atoms with E-state index in [1.54, 1.807) is 5.32 Å². The first-order chi connectivity index (χ1) is 18.6. The highest BCUT2D eigenvalue weighted by Crippen LogP contribution is 2.41.